The smallest absolute Gasteiger partial charge is 0.161 e. The van der Waals surface area contributed by atoms with Crippen LogP contribution in [0.2, 0.25) is 0 Å². The van der Waals surface area contributed by atoms with Gasteiger partial charge in [0.25, 0.3) is 0 Å². The lowest BCUT2D eigenvalue weighted by molar-refractivity contribution is 0.275. The highest BCUT2D eigenvalue weighted by Gasteiger charge is 2.13. The molecule has 5 heteroatoms. The third kappa shape index (κ3) is 4.80. The van der Waals surface area contributed by atoms with Crippen molar-refractivity contribution >= 4 is 17.1 Å². The third-order valence-electron chi connectivity index (χ3n) is 5.12. The number of allylic oxidation sites excluding steroid dienone is 1. The Balaban J connectivity index is 1.82. The molecule has 0 saturated carbocycles. The van der Waals surface area contributed by atoms with Crippen LogP contribution in [0.25, 0.3) is 17.1 Å². The Hall–Kier alpha value is -2.79. The molecule has 1 heterocycles. The number of nitrogens with zero attached hydrogens (tertiary/aromatic N) is 2. The lowest BCUT2D eigenvalue weighted by Gasteiger charge is -2.14. The summed E-state index contributed by atoms with van der Waals surface area (Å²) in [6, 6.07) is 10.3. The van der Waals surface area contributed by atoms with Crippen LogP contribution in [0.4, 0.5) is 0 Å². The number of aliphatic hydroxyl groups excluding tert-OH is 1. The van der Waals surface area contributed by atoms with Crippen molar-refractivity contribution < 1.29 is 14.6 Å². The van der Waals surface area contributed by atoms with Crippen LogP contribution in [0.1, 0.15) is 35.9 Å². The van der Waals surface area contributed by atoms with Gasteiger partial charge in [0.1, 0.15) is 12.4 Å². The highest BCUT2D eigenvalue weighted by molar-refractivity contribution is 5.78. The van der Waals surface area contributed by atoms with Crippen molar-refractivity contribution in [3.8, 4) is 11.5 Å². The minimum absolute atomic E-state index is 0.160. The van der Waals surface area contributed by atoms with Crippen LogP contribution < -0.4 is 9.47 Å². The van der Waals surface area contributed by atoms with Crippen molar-refractivity contribution in [1.82, 2.24) is 9.55 Å². The predicted octanol–water partition coefficient (Wildman–Crippen LogP) is 4.70. The van der Waals surface area contributed by atoms with Crippen molar-refractivity contribution in [3.05, 3.63) is 58.9 Å². The highest BCUT2D eigenvalue weighted by atomic mass is 16.5. The first-order valence-electron chi connectivity index (χ1n) is 10.1. The maximum absolute atomic E-state index is 9.24. The van der Waals surface area contributed by atoms with E-state index < -0.39 is 0 Å². The van der Waals surface area contributed by atoms with Gasteiger partial charge in [0, 0.05) is 13.0 Å². The molecular weight excluding hydrogens is 364 g/mol. The Labute approximate surface area is 172 Å². The van der Waals surface area contributed by atoms with Gasteiger partial charge in [-0.3, -0.25) is 0 Å². The number of hydrogen-bond donors (Lipinski definition) is 1. The molecule has 154 valence electrons. The Morgan fingerprint density at radius 2 is 1.90 bits per heavy atom. The molecule has 5 nitrogen and oxygen atoms in total. The summed E-state index contributed by atoms with van der Waals surface area (Å²) in [5, 5.41) is 9.24. The van der Waals surface area contributed by atoms with Gasteiger partial charge in [-0.15, -0.1) is 0 Å². The number of aromatic nitrogens is 2. The average Bonchev–Trinajstić information content (AvgIpc) is 3.04. The second kappa shape index (κ2) is 9.61. The molecule has 0 saturated heterocycles. The summed E-state index contributed by atoms with van der Waals surface area (Å²) in [7, 11) is 1.66. The molecule has 0 aliphatic heterocycles. The van der Waals surface area contributed by atoms with Crippen LogP contribution in [0.5, 0.6) is 11.5 Å². The molecule has 1 N–H and O–H groups in total. The minimum Gasteiger partial charge on any atom is -0.493 e. The van der Waals surface area contributed by atoms with Crippen LogP contribution in [-0.4, -0.2) is 35.0 Å². The molecule has 0 atom stereocenters. The molecule has 0 aliphatic rings. The lowest BCUT2D eigenvalue weighted by Crippen LogP contribution is -2.12. The van der Waals surface area contributed by atoms with Crippen molar-refractivity contribution in [3.63, 3.8) is 0 Å². The average molecular weight is 395 g/mol. The van der Waals surface area contributed by atoms with Crippen LogP contribution in [0.15, 0.2) is 36.4 Å². The van der Waals surface area contributed by atoms with Gasteiger partial charge in [0.2, 0.25) is 0 Å². The quantitative estimate of drug-likeness (QED) is 0.572. The van der Waals surface area contributed by atoms with Crippen LogP contribution in [-0.2, 0) is 13.0 Å². The zero-order valence-corrected chi connectivity index (χ0v) is 17.7. The van der Waals surface area contributed by atoms with Crippen molar-refractivity contribution in [2.75, 3.05) is 20.3 Å². The summed E-state index contributed by atoms with van der Waals surface area (Å²) in [4.78, 5) is 4.81. The monoisotopic (exact) mass is 394 g/mol. The van der Waals surface area contributed by atoms with E-state index in [2.05, 4.69) is 30.5 Å². The van der Waals surface area contributed by atoms with E-state index in [4.69, 9.17) is 14.5 Å². The molecule has 3 rings (SSSR count). The standard InChI is InChI=1S/C24H30N2O3/c1-5-7-19-9-10-22(23(16-19)28-4)29-13-11-26-21-15-18(3)17(2)14-20(21)25-24(26)8-6-12-27/h5,7,9-10,14-16,27H,6,8,11-13H2,1-4H3/b7-5+. The molecule has 0 aliphatic carbocycles. The van der Waals surface area contributed by atoms with Gasteiger partial charge in [-0.1, -0.05) is 18.2 Å². The van der Waals surface area contributed by atoms with Crippen molar-refractivity contribution in [2.24, 2.45) is 0 Å². The number of rotatable bonds is 9. The van der Waals surface area contributed by atoms with Crippen LogP contribution in [0.3, 0.4) is 0 Å². The Bertz CT molecular complexity index is 1010. The molecular formula is C24H30N2O3. The number of imidazole rings is 1. The Morgan fingerprint density at radius 1 is 1.10 bits per heavy atom. The van der Waals surface area contributed by atoms with Crippen molar-refractivity contribution in [1.29, 1.82) is 0 Å². The van der Waals surface area contributed by atoms with E-state index in [9.17, 15) is 5.11 Å². The molecule has 0 unspecified atom stereocenters. The molecule has 1 aromatic heterocycles. The van der Waals surface area contributed by atoms with Gasteiger partial charge in [-0.05, 0) is 68.1 Å². The van der Waals surface area contributed by atoms with Gasteiger partial charge in [-0.25, -0.2) is 4.98 Å². The SMILES string of the molecule is C/C=C/c1ccc(OCCn2c(CCCO)nc3cc(C)c(C)cc32)c(OC)c1. The number of aliphatic hydroxyl groups is 1. The van der Waals surface area contributed by atoms with E-state index in [1.807, 2.05) is 37.3 Å². The number of fused-ring (bicyclic) bond motifs is 1. The van der Waals surface area contributed by atoms with E-state index in [0.717, 1.165) is 40.3 Å². The Morgan fingerprint density at radius 3 is 2.62 bits per heavy atom. The molecule has 0 radical (unpaired) electrons. The fraction of sp³-hybridized carbons (Fsp3) is 0.375. The first kappa shape index (κ1) is 20.9. The summed E-state index contributed by atoms with van der Waals surface area (Å²) < 4.78 is 13.7. The van der Waals surface area contributed by atoms with Crippen molar-refractivity contribution in [2.45, 2.75) is 40.2 Å². The fourth-order valence-corrected chi connectivity index (χ4v) is 3.45. The first-order chi connectivity index (χ1) is 14.1. The fourth-order valence-electron chi connectivity index (χ4n) is 3.45. The normalized spacial score (nSPS) is 11.5. The second-order valence-corrected chi connectivity index (χ2v) is 7.19. The molecule has 0 bridgehead atoms. The second-order valence-electron chi connectivity index (χ2n) is 7.19. The van der Waals surface area contributed by atoms with Gasteiger partial charge >= 0.3 is 0 Å². The summed E-state index contributed by atoms with van der Waals surface area (Å²) in [5.41, 5.74) is 5.66. The zero-order chi connectivity index (χ0) is 20.8. The molecule has 3 aromatic rings. The van der Waals surface area contributed by atoms with E-state index in [1.165, 1.54) is 11.1 Å². The summed E-state index contributed by atoms with van der Waals surface area (Å²) in [6.07, 6.45) is 5.46. The van der Waals surface area contributed by atoms with Gasteiger partial charge in [0.15, 0.2) is 11.5 Å². The van der Waals surface area contributed by atoms with E-state index in [-0.39, 0.29) is 6.61 Å². The molecule has 2 aromatic carbocycles. The number of methoxy groups -OCH3 is 1. The molecule has 29 heavy (non-hydrogen) atoms. The topological polar surface area (TPSA) is 56.5 Å². The lowest BCUT2D eigenvalue weighted by atomic mass is 10.1. The van der Waals surface area contributed by atoms with Gasteiger partial charge in [-0.2, -0.15) is 0 Å². The first-order valence-corrected chi connectivity index (χ1v) is 10.1. The summed E-state index contributed by atoms with van der Waals surface area (Å²) in [6.45, 7) is 7.56. The molecule has 0 spiro atoms. The van der Waals surface area contributed by atoms with E-state index in [0.29, 0.717) is 19.6 Å². The number of hydrogen-bond acceptors (Lipinski definition) is 4. The van der Waals surface area contributed by atoms with Gasteiger partial charge in [0.05, 0.1) is 24.7 Å². The largest absolute Gasteiger partial charge is 0.493 e. The minimum atomic E-state index is 0.160. The highest BCUT2D eigenvalue weighted by Crippen LogP contribution is 2.29. The van der Waals surface area contributed by atoms with Crippen LogP contribution in [0, 0.1) is 13.8 Å². The third-order valence-corrected chi connectivity index (χ3v) is 5.12. The van der Waals surface area contributed by atoms with Gasteiger partial charge < -0.3 is 19.1 Å². The van der Waals surface area contributed by atoms with Crippen LogP contribution >= 0.6 is 0 Å². The number of benzene rings is 2. The number of aryl methyl sites for hydroxylation is 3. The zero-order valence-electron chi connectivity index (χ0n) is 17.7. The van der Waals surface area contributed by atoms with E-state index in [1.54, 1.807) is 7.11 Å². The molecule has 0 amide bonds. The Kier molecular flexibility index (Phi) is 6.94. The summed E-state index contributed by atoms with van der Waals surface area (Å²) in [5.74, 6) is 2.44. The maximum Gasteiger partial charge on any atom is 0.161 e. The predicted molar refractivity (Wildman–Crippen MR) is 118 cm³/mol. The molecule has 0 fully saturated rings. The van der Waals surface area contributed by atoms with E-state index >= 15 is 0 Å². The number of ether oxygens (including phenoxy) is 2. The maximum atomic E-state index is 9.24. The summed E-state index contributed by atoms with van der Waals surface area (Å²) >= 11 is 0.